The number of nitrogens with zero attached hydrogens (tertiary/aromatic N) is 2. The zero-order valence-corrected chi connectivity index (χ0v) is 10.7. The Bertz CT molecular complexity index is 345. The highest BCUT2D eigenvalue weighted by Gasteiger charge is 2.46. The van der Waals surface area contributed by atoms with Crippen molar-refractivity contribution in [2.75, 3.05) is 27.2 Å². The molecule has 5 heteroatoms. The van der Waals surface area contributed by atoms with E-state index in [1.54, 1.807) is 4.90 Å². The highest BCUT2D eigenvalue weighted by Crippen LogP contribution is 2.36. The highest BCUT2D eigenvalue weighted by molar-refractivity contribution is 5.80. The van der Waals surface area contributed by atoms with Crippen molar-refractivity contribution in [1.82, 2.24) is 9.80 Å². The normalized spacial score (nSPS) is 33.4. The predicted octanol–water partition coefficient (Wildman–Crippen LogP) is 1.09. The third-order valence-electron chi connectivity index (χ3n) is 4.04. The van der Waals surface area contributed by atoms with Gasteiger partial charge in [-0.1, -0.05) is 0 Å². The van der Waals surface area contributed by atoms with Gasteiger partial charge in [-0.25, -0.2) is 4.79 Å². The molecule has 0 N–H and O–H groups in total. The molecule has 0 bridgehead atoms. The van der Waals surface area contributed by atoms with Crippen LogP contribution in [0.15, 0.2) is 0 Å². The maximum atomic E-state index is 12.1. The molecule has 2 unspecified atom stereocenters. The van der Waals surface area contributed by atoms with Crippen LogP contribution in [0.2, 0.25) is 0 Å². The molecule has 2 aliphatic heterocycles. The molecule has 0 aliphatic carbocycles. The van der Waals surface area contributed by atoms with E-state index in [9.17, 15) is 9.59 Å². The number of urea groups is 1. The first-order valence-electron chi connectivity index (χ1n) is 6.08. The quantitative estimate of drug-likeness (QED) is 0.645. The Labute approximate surface area is 102 Å². The van der Waals surface area contributed by atoms with Crippen LogP contribution in [0.1, 0.15) is 26.2 Å². The first-order valence-corrected chi connectivity index (χ1v) is 6.08. The second kappa shape index (κ2) is 4.20. The lowest BCUT2D eigenvalue weighted by Crippen LogP contribution is -2.60. The summed E-state index contributed by atoms with van der Waals surface area (Å²) in [6.07, 6.45) is 2.70. The number of piperidine rings is 1. The number of hydrogen-bond donors (Lipinski definition) is 0. The molecule has 0 aromatic rings. The van der Waals surface area contributed by atoms with Crippen molar-refractivity contribution in [3.63, 3.8) is 0 Å². The first kappa shape index (κ1) is 12.2. The molecule has 5 nitrogen and oxygen atoms in total. The van der Waals surface area contributed by atoms with Gasteiger partial charge in [0.15, 0.2) is 0 Å². The number of carbonyl (C=O) groups excluding carboxylic acids is 2. The Morgan fingerprint density at radius 1 is 1.47 bits per heavy atom. The zero-order chi connectivity index (χ0) is 12.6. The van der Waals surface area contributed by atoms with Crippen LogP contribution in [0.25, 0.3) is 0 Å². The summed E-state index contributed by atoms with van der Waals surface area (Å²) >= 11 is 0. The number of methoxy groups -OCH3 is 1. The maximum absolute atomic E-state index is 12.1. The van der Waals surface area contributed by atoms with E-state index in [-0.39, 0.29) is 12.0 Å². The van der Waals surface area contributed by atoms with Gasteiger partial charge < -0.3 is 14.5 Å². The Balaban J connectivity index is 2.15. The number of carbonyl (C=O) groups is 2. The number of fused-ring (bicyclic) bond motifs is 1. The van der Waals surface area contributed by atoms with Crippen molar-refractivity contribution >= 4 is 12.0 Å². The number of esters is 1. The van der Waals surface area contributed by atoms with Crippen molar-refractivity contribution in [1.29, 1.82) is 0 Å². The molecule has 17 heavy (non-hydrogen) atoms. The van der Waals surface area contributed by atoms with Crippen molar-refractivity contribution in [3.05, 3.63) is 0 Å². The molecule has 2 fully saturated rings. The molecule has 0 aromatic heterocycles. The van der Waals surface area contributed by atoms with Gasteiger partial charge in [0.1, 0.15) is 0 Å². The summed E-state index contributed by atoms with van der Waals surface area (Å²) in [7, 11) is 3.21. The van der Waals surface area contributed by atoms with Gasteiger partial charge in [-0.2, -0.15) is 0 Å². The lowest BCUT2D eigenvalue weighted by molar-refractivity contribution is -0.155. The number of ether oxygens (including phenoxy) is 1. The van der Waals surface area contributed by atoms with E-state index in [0.717, 1.165) is 25.8 Å². The van der Waals surface area contributed by atoms with Crippen LogP contribution < -0.4 is 0 Å². The fraction of sp³-hybridized carbons (Fsp3) is 0.833. The van der Waals surface area contributed by atoms with E-state index in [0.29, 0.717) is 12.6 Å². The lowest BCUT2D eigenvalue weighted by atomic mass is 9.78. The van der Waals surface area contributed by atoms with Crippen molar-refractivity contribution in [2.24, 2.45) is 5.41 Å². The average molecular weight is 240 g/mol. The van der Waals surface area contributed by atoms with Crippen LogP contribution in [-0.2, 0) is 9.53 Å². The highest BCUT2D eigenvalue weighted by atomic mass is 16.5. The van der Waals surface area contributed by atoms with Gasteiger partial charge in [0.25, 0.3) is 0 Å². The summed E-state index contributed by atoms with van der Waals surface area (Å²) in [4.78, 5) is 27.4. The largest absolute Gasteiger partial charge is 0.469 e. The smallest absolute Gasteiger partial charge is 0.320 e. The first-order chi connectivity index (χ1) is 7.98. The Morgan fingerprint density at radius 3 is 2.82 bits per heavy atom. The summed E-state index contributed by atoms with van der Waals surface area (Å²) in [5, 5.41) is 0. The van der Waals surface area contributed by atoms with E-state index in [1.807, 2.05) is 18.9 Å². The topological polar surface area (TPSA) is 49.9 Å². The Morgan fingerprint density at radius 2 is 2.18 bits per heavy atom. The molecule has 0 saturated carbocycles. The Kier molecular flexibility index (Phi) is 3.02. The van der Waals surface area contributed by atoms with Crippen LogP contribution in [-0.4, -0.2) is 55.1 Å². The minimum atomic E-state index is -0.543. The maximum Gasteiger partial charge on any atom is 0.320 e. The lowest BCUT2D eigenvalue weighted by Gasteiger charge is -2.48. The van der Waals surface area contributed by atoms with E-state index < -0.39 is 5.41 Å². The van der Waals surface area contributed by atoms with Gasteiger partial charge in [0.2, 0.25) is 0 Å². The van der Waals surface area contributed by atoms with E-state index >= 15 is 0 Å². The summed E-state index contributed by atoms with van der Waals surface area (Å²) in [5.74, 6) is -0.211. The van der Waals surface area contributed by atoms with E-state index in [2.05, 4.69) is 0 Å². The molecule has 2 atom stereocenters. The van der Waals surface area contributed by atoms with E-state index in [1.165, 1.54) is 7.11 Å². The van der Waals surface area contributed by atoms with Crippen molar-refractivity contribution < 1.29 is 14.3 Å². The van der Waals surface area contributed by atoms with Gasteiger partial charge in [0, 0.05) is 26.2 Å². The van der Waals surface area contributed by atoms with Gasteiger partial charge in [0.05, 0.1) is 12.5 Å². The third-order valence-corrected chi connectivity index (χ3v) is 4.04. The Hall–Kier alpha value is -1.26. The second-order valence-electron chi connectivity index (χ2n) is 5.37. The predicted molar refractivity (Wildman–Crippen MR) is 62.5 cm³/mol. The van der Waals surface area contributed by atoms with Crippen LogP contribution in [0.5, 0.6) is 0 Å². The third kappa shape index (κ3) is 1.98. The minimum Gasteiger partial charge on any atom is -0.469 e. The second-order valence-corrected chi connectivity index (χ2v) is 5.37. The average Bonchev–Trinajstić information content (AvgIpc) is 2.33. The molecular weight excluding hydrogens is 220 g/mol. The molecule has 96 valence electrons. The molecule has 2 rings (SSSR count). The summed E-state index contributed by atoms with van der Waals surface area (Å²) < 4.78 is 4.84. The van der Waals surface area contributed by atoms with Gasteiger partial charge in [-0.15, -0.1) is 0 Å². The number of rotatable bonds is 1. The van der Waals surface area contributed by atoms with Crippen LogP contribution >= 0.6 is 0 Å². The monoisotopic (exact) mass is 240 g/mol. The molecule has 0 aromatic carbocycles. The zero-order valence-electron chi connectivity index (χ0n) is 10.7. The molecule has 2 saturated heterocycles. The minimum absolute atomic E-state index is 0.0380. The molecule has 0 spiro atoms. The molecule has 2 amide bonds. The SMILES string of the molecule is COC(=O)C1(C)CCC2CCN(C)C(=O)N2C1. The fourth-order valence-corrected chi connectivity index (χ4v) is 2.82. The van der Waals surface area contributed by atoms with E-state index in [4.69, 9.17) is 4.74 Å². The summed E-state index contributed by atoms with van der Waals surface area (Å²) in [5.41, 5.74) is -0.543. The van der Waals surface area contributed by atoms with Crippen molar-refractivity contribution in [3.8, 4) is 0 Å². The standard InChI is InChI=1S/C12H20N2O3/c1-12(10(15)17-3)6-4-9-5-7-13(2)11(16)14(9)8-12/h9H,4-8H2,1-3H3. The fourth-order valence-electron chi connectivity index (χ4n) is 2.82. The van der Waals surface area contributed by atoms with Crippen LogP contribution in [0, 0.1) is 5.41 Å². The molecule has 2 heterocycles. The molecule has 2 aliphatic rings. The summed E-state index contributed by atoms with van der Waals surface area (Å²) in [6, 6.07) is 0.340. The van der Waals surface area contributed by atoms with Crippen molar-refractivity contribution in [2.45, 2.75) is 32.2 Å². The van der Waals surface area contributed by atoms with Gasteiger partial charge >= 0.3 is 12.0 Å². The van der Waals surface area contributed by atoms with Gasteiger partial charge in [-0.05, 0) is 26.2 Å². The number of amides is 2. The number of hydrogen-bond acceptors (Lipinski definition) is 3. The molecule has 0 radical (unpaired) electrons. The van der Waals surface area contributed by atoms with Crippen LogP contribution in [0.3, 0.4) is 0 Å². The molecular formula is C12H20N2O3. The van der Waals surface area contributed by atoms with Gasteiger partial charge in [-0.3, -0.25) is 4.79 Å². The summed E-state index contributed by atoms with van der Waals surface area (Å²) in [6.45, 7) is 3.18. The van der Waals surface area contributed by atoms with Crippen LogP contribution in [0.4, 0.5) is 4.79 Å².